The average molecular weight is 430 g/mol. The molecule has 2 N–H and O–H groups in total. The highest BCUT2D eigenvalue weighted by molar-refractivity contribution is 5.73. The van der Waals surface area contributed by atoms with E-state index in [4.69, 9.17) is 9.72 Å². The van der Waals surface area contributed by atoms with E-state index >= 15 is 0 Å². The SMILES string of the molecule is CC(=O)NCc1cc(-c2nc(N3C[C@@H](O)[C@@H]3C)nc3c2CCC3(F)F)cc2c1COC2. The van der Waals surface area contributed by atoms with Gasteiger partial charge in [-0.15, -0.1) is 0 Å². The summed E-state index contributed by atoms with van der Waals surface area (Å²) in [4.78, 5) is 22.1. The second-order valence-electron chi connectivity index (χ2n) is 8.54. The van der Waals surface area contributed by atoms with Gasteiger partial charge in [-0.3, -0.25) is 4.79 Å². The Morgan fingerprint density at radius 1 is 1.32 bits per heavy atom. The van der Waals surface area contributed by atoms with Crippen LogP contribution in [-0.4, -0.2) is 39.7 Å². The first kappa shape index (κ1) is 20.3. The molecule has 1 aliphatic carbocycles. The average Bonchev–Trinajstić information content (AvgIpc) is 3.33. The van der Waals surface area contributed by atoms with Crippen molar-refractivity contribution in [2.45, 2.75) is 64.5 Å². The standard InChI is InChI=1S/C22H24F2N4O3/c1-11-18(30)8-28(11)21-26-19(16-3-4-22(23,24)20(16)27-21)13-5-14(7-25-12(2)29)17-10-31-9-15(17)6-13/h5-6,11,18,30H,3-4,7-10H2,1-2H3,(H,25,29)/t11-,18+/m0/s1. The third-order valence-corrected chi connectivity index (χ3v) is 6.46. The van der Waals surface area contributed by atoms with Crippen LogP contribution in [0.2, 0.25) is 0 Å². The van der Waals surface area contributed by atoms with Crippen LogP contribution in [-0.2, 0) is 41.6 Å². The lowest BCUT2D eigenvalue weighted by Gasteiger charge is -2.43. The van der Waals surface area contributed by atoms with Crippen molar-refractivity contribution in [2.75, 3.05) is 11.4 Å². The number of carbonyl (C=O) groups excluding carboxylic acids is 1. The smallest absolute Gasteiger partial charge is 0.290 e. The summed E-state index contributed by atoms with van der Waals surface area (Å²) in [6.45, 7) is 4.81. The van der Waals surface area contributed by atoms with Crippen molar-refractivity contribution in [1.29, 1.82) is 0 Å². The fraction of sp³-hybridized carbons (Fsp3) is 0.500. The molecular formula is C22H24F2N4O3. The molecule has 1 aromatic heterocycles. The first-order valence-corrected chi connectivity index (χ1v) is 10.5. The van der Waals surface area contributed by atoms with E-state index in [0.29, 0.717) is 37.6 Å². The van der Waals surface area contributed by atoms with Crippen LogP contribution in [0, 0.1) is 0 Å². The molecule has 1 aromatic carbocycles. The van der Waals surface area contributed by atoms with Gasteiger partial charge in [-0.25, -0.2) is 9.97 Å². The molecule has 1 fully saturated rings. The number of hydrogen-bond acceptors (Lipinski definition) is 6. The summed E-state index contributed by atoms with van der Waals surface area (Å²) in [6, 6.07) is 3.61. The normalized spacial score (nSPS) is 23.3. The van der Waals surface area contributed by atoms with E-state index in [-0.39, 0.29) is 36.4 Å². The topological polar surface area (TPSA) is 87.6 Å². The number of rotatable bonds is 4. The van der Waals surface area contributed by atoms with Crippen molar-refractivity contribution in [3.05, 3.63) is 40.1 Å². The van der Waals surface area contributed by atoms with E-state index in [1.807, 2.05) is 19.1 Å². The van der Waals surface area contributed by atoms with E-state index < -0.39 is 12.0 Å². The van der Waals surface area contributed by atoms with E-state index in [0.717, 1.165) is 22.3 Å². The van der Waals surface area contributed by atoms with Crippen LogP contribution >= 0.6 is 0 Å². The minimum absolute atomic E-state index is 0.145. The summed E-state index contributed by atoms with van der Waals surface area (Å²) in [5, 5.41) is 12.7. The van der Waals surface area contributed by atoms with Crippen molar-refractivity contribution in [2.24, 2.45) is 0 Å². The Balaban J connectivity index is 1.64. The van der Waals surface area contributed by atoms with Gasteiger partial charge in [-0.05, 0) is 42.2 Å². The molecule has 0 unspecified atom stereocenters. The maximum atomic E-state index is 14.7. The van der Waals surface area contributed by atoms with Gasteiger partial charge in [0.25, 0.3) is 5.92 Å². The van der Waals surface area contributed by atoms with Crippen LogP contribution < -0.4 is 10.2 Å². The number of aliphatic hydroxyl groups excluding tert-OH is 1. The Kier molecular flexibility index (Phi) is 4.71. The minimum Gasteiger partial charge on any atom is -0.389 e. The molecule has 1 amide bonds. The maximum Gasteiger partial charge on any atom is 0.290 e. The molecule has 2 aromatic rings. The molecule has 3 aliphatic rings. The number of alkyl halides is 2. The van der Waals surface area contributed by atoms with Gasteiger partial charge in [-0.2, -0.15) is 8.78 Å². The molecule has 0 spiro atoms. The number of aromatic nitrogens is 2. The number of β-amino-alcohol motifs (C(OH)–C–C–N with tert-alkyl or cyclic N) is 1. The maximum absolute atomic E-state index is 14.7. The molecule has 2 atom stereocenters. The first-order chi connectivity index (χ1) is 14.7. The zero-order valence-corrected chi connectivity index (χ0v) is 17.4. The van der Waals surface area contributed by atoms with Crippen molar-refractivity contribution in [1.82, 2.24) is 15.3 Å². The van der Waals surface area contributed by atoms with Crippen LogP contribution in [0.25, 0.3) is 11.3 Å². The Morgan fingerprint density at radius 3 is 2.84 bits per heavy atom. The Hall–Kier alpha value is -2.65. The molecule has 31 heavy (non-hydrogen) atoms. The fourth-order valence-electron chi connectivity index (χ4n) is 4.52. The highest BCUT2D eigenvalue weighted by Gasteiger charge is 2.45. The molecule has 0 saturated carbocycles. The molecule has 5 rings (SSSR count). The summed E-state index contributed by atoms with van der Waals surface area (Å²) in [7, 11) is 0. The van der Waals surface area contributed by atoms with Gasteiger partial charge >= 0.3 is 0 Å². The number of anilines is 1. The van der Waals surface area contributed by atoms with Crippen LogP contribution in [0.5, 0.6) is 0 Å². The van der Waals surface area contributed by atoms with Crippen molar-refractivity contribution < 1.29 is 23.4 Å². The molecule has 7 nitrogen and oxygen atoms in total. The summed E-state index contributed by atoms with van der Waals surface area (Å²) in [5.74, 6) is -2.94. The largest absolute Gasteiger partial charge is 0.389 e. The quantitative estimate of drug-likeness (QED) is 0.775. The van der Waals surface area contributed by atoms with Crippen LogP contribution in [0.3, 0.4) is 0 Å². The van der Waals surface area contributed by atoms with E-state index in [1.165, 1.54) is 6.92 Å². The Morgan fingerprint density at radius 2 is 2.13 bits per heavy atom. The lowest BCUT2D eigenvalue weighted by Crippen LogP contribution is -2.59. The zero-order chi connectivity index (χ0) is 21.9. The van der Waals surface area contributed by atoms with Gasteiger partial charge in [0.05, 0.1) is 31.1 Å². The molecule has 3 heterocycles. The summed E-state index contributed by atoms with van der Waals surface area (Å²) >= 11 is 0. The van der Waals surface area contributed by atoms with Gasteiger partial charge in [0.2, 0.25) is 11.9 Å². The van der Waals surface area contributed by atoms with Crippen molar-refractivity contribution in [3.8, 4) is 11.3 Å². The van der Waals surface area contributed by atoms with Crippen LogP contribution in [0.1, 0.15) is 48.2 Å². The molecule has 164 valence electrons. The highest BCUT2D eigenvalue weighted by Crippen LogP contribution is 2.45. The summed E-state index contributed by atoms with van der Waals surface area (Å²) in [6.07, 6.45) is -0.620. The van der Waals surface area contributed by atoms with E-state index in [9.17, 15) is 18.7 Å². The van der Waals surface area contributed by atoms with Gasteiger partial charge in [0.1, 0.15) is 5.69 Å². The first-order valence-electron chi connectivity index (χ1n) is 10.5. The predicted octanol–water partition coefficient (Wildman–Crippen LogP) is 2.42. The minimum atomic E-state index is -3.01. The number of amides is 1. The molecule has 1 saturated heterocycles. The second kappa shape index (κ2) is 7.20. The number of carbonyl (C=O) groups is 1. The lowest BCUT2D eigenvalue weighted by molar-refractivity contribution is -0.119. The number of aliphatic hydroxyl groups is 1. The number of nitrogens with zero attached hydrogens (tertiary/aromatic N) is 3. The monoisotopic (exact) mass is 430 g/mol. The number of ether oxygens (including phenoxy) is 1. The van der Waals surface area contributed by atoms with Crippen molar-refractivity contribution in [3.63, 3.8) is 0 Å². The third-order valence-electron chi connectivity index (χ3n) is 6.46. The van der Waals surface area contributed by atoms with E-state index in [2.05, 4.69) is 10.3 Å². The lowest BCUT2D eigenvalue weighted by atomic mass is 9.95. The molecule has 0 radical (unpaired) electrons. The Labute approximate surface area is 178 Å². The molecular weight excluding hydrogens is 406 g/mol. The number of nitrogens with one attached hydrogen (secondary N) is 1. The second-order valence-corrected chi connectivity index (χ2v) is 8.54. The predicted molar refractivity (Wildman–Crippen MR) is 109 cm³/mol. The van der Waals surface area contributed by atoms with Gasteiger partial charge in [0.15, 0.2) is 0 Å². The van der Waals surface area contributed by atoms with Crippen molar-refractivity contribution >= 4 is 11.9 Å². The Bertz CT molecular complexity index is 1080. The number of fused-ring (bicyclic) bond motifs is 2. The van der Waals surface area contributed by atoms with Gasteiger partial charge in [0, 0.05) is 37.6 Å². The fourth-order valence-corrected chi connectivity index (χ4v) is 4.52. The highest BCUT2D eigenvalue weighted by atomic mass is 19.3. The third kappa shape index (κ3) is 3.36. The molecule has 2 aliphatic heterocycles. The number of benzene rings is 1. The number of hydrogen-bond donors (Lipinski definition) is 2. The summed E-state index contributed by atoms with van der Waals surface area (Å²) < 4.78 is 34.9. The summed E-state index contributed by atoms with van der Waals surface area (Å²) in [5.41, 5.74) is 4.35. The zero-order valence-electron chi connectivity index (χ0n) is 17.4. The van der Waals surface area contributed by atoms with Gasteiger partial charge < -0.3 is 20.1 Å². The number of halogens is 2. The molecule has 9 heteroatoms. The van der Waals surface area contributed by atoms with E-state index in [1.54, 1.807) is 4.90 Å². The van der Waals surface area contributed by atoms with Gasteiger partial charge in [-0.1, -0.05) is 0 Å². The van der Waals surface area contributed by atoms with Crippen LogP contribution in [0.4, 0.5) is 14.7 Å². The molecule has 0 bridgehead atoms. The van der Waals surface area contributed by atoms with Crippen LogP contribution in [0.15, 0.2) is 12.1 Å².